The number of thiophene rings is 1. The molecule has 0 aliphatic carbocycles. The number of rotatable bonds is 5. The molecular formula is C18H20N4O2S. The van der Waals surface area contributed by atoms with Crippen molar-refractivity contribution >= 4 is 21.6 Å². The first-order valence-corrected chi connectivity index (χ1v) is 9.36. The summed E-state index contributed by atoms with van der Waals surface area (Å²) >= 11 is 1.43. The fourth-order valence-corrected chi connectivity index (χ4v) is 3.91. The third-order valence-electron chi connectivity index (χ3n) is 4.39. The first kappa shape index (κ1) is 16.4. The number of piperidine rings is 1. The zero-order valence-electron chi connectivity index (χ0n) is 13.9. The smallest absolute Gasteiger partial charge is 0.268 e. The van der Waals surface area contributed by atoms with Gasteiger partial charge in [0.1, 0.15) is 10.5 Å². The Hall–Kier alpha value is -2.09. The van der Waals surface area contributed by atoms with Crippen molar-refractivity contribution in [2.24, 2.45) is 0 Å². The molecule has 0 bridgehead atoms. The van der Waals surface area contributed by atoms with Crippen molar-refractivity contribution in [2.75, 3.05) is 13.1 Å². The van der Waals surface area contributed by atoms with E-state index >= 15 is 0 Å². The summed E-state index contributed by atoms with van der Waals surface area (Å²) in [5.41, 5.74) is 1.69. The van der Waals surface area contributed by atoms with Crippen LogP contribution in [0.15, 0.2) is 40.6 Å². The number of H-pyrrole nitrogens is 1. The maximum absolute atomic E-state index is 12.1. The van der Waals surface area contributed by atoms with Gasteiger partial charge in [0, 0.05) is 12.7 Å². The van der Waals surface area contributed by atoms with Gasteiger partial charge in [-0.05, 0) is 43.0 Å². The molecule has 0 aromatic carbocycles. The topological polar surface area (TPSA) is 71.1 Å². The van der Waals surface area contributed by atoms with Crippen LogP contribution in [0.25, 0.3) is 10.2 Å². The van der Waals surface area contributed by atoms with Gasteiger partial charge in [0.05, 0.1) is 30.5 Å². The predicted octanol–water partition coefficient (Wildman–Crippen LogP) is 2.56. The Bertz CT molecular complexity index is 893. The number of aromatic amines is 1. The molecule has 1 atom stereocenters. The number of aromatic nitrogens is 3. The largest absolute Gasteiger partial charge is 0.371 e. The second kappa shape index (κ2) is 7.43. The molecule has 1 saturated heterocycles. The fraction of sp³-hybridized carbons (Fsp3) is 0.389. The van der Waals surface area contributed by atoms with Crippen LogP contribution in [0.1, 0.15) is 24.4 Å². The van der Waals surface area contributed by atoms with Gasteiger partial charge in [-0.1, -0.05) is 6.07 Å². The summed E-state index contributed by atoms with van der Waals surface area (Å²) in [5.74, 6) is 0.723. The fourth-order valence-electron chi connectivity index (χ4n) is 3.19. The monoisotopic (exact) mass is 356 g/mol. The number of fused-ring (bicyclic) bond motifs is 1. The molecule has 0 radical (unpaired) electrons. The molecule has 1 aliphatic rings. The summed E-state index contributed by atoms with van der Waals surface area (Å²) in [5, 5.41) is 1.90. The first-order chi connectivity index (χ1) is 12.3. The van der Waals surface area contributed by atoms with E-state index in [1.807, 2.05) is 29.6 Å². The van der Waals surface area contributed by atoms with Gasteiger partial charge in [-0.25, -0.2) is 4.98 Å². The number of nitrogens with one attached hydrogen (secondary N) is 1. The van der Waals surface area contributed by atoms with Crippen molar-refractivity contribution < 1.29 is 4.74 Å². The minimum Gasteiger partial charge on any atom is -0.371 e. The average Bonchev–Trinajstić information content (AvgIpc) is 3.10. The van der Waals surface area contributed by atoms with E-state index in [1.165, 1.54) is 11.3 Å². The lowest BCUT2D eigenvalue weighted by molar-refractivity contribution is -0.0138. The second-order valence-electron chi connectivity index (χ2n) is 6.28. The molecule has 1 unspecified atom stereocenters. The Morgan fingerprint density at radius 3 is 3.20 bits per heavy atom. The lowest BCUT2D eigenvalue weighted by Crippen LogP contribution is -2.39. The summed E-state index contributed by atoms with van der Waals surface area (Å²) in [7, 11) is 0. The van der Waals surface area contributed by atoms with Gasteiger partial charge < -0.3 is 9.72 Å². The van der Waals surface area contributed by atoms with Crippen LogP contribution in [0.4, 0.5) is 0 Å². The SMILES string of the molecule is O=c1[nH]c(CN2CCCC(OCc3ccccn3)C2)nc2ccsc12. The Labute approximate surface area is 149 Å². The normalized spacial score (nSPS) is 18.6. The van der Waals surface area contributed by atoms with Crippen LogP contribution >= 0.6 is 11.3 Å². The van der Waals surface area contributed by atoms with E-state index in [1.54, 1.807) is 6.20 Å². The highest BCUT2D eigenvalue weighted by Gasteiger charge is 2.21. The van der Waals surface area contributed by atoms with Crippen LogP contribution in [0.3, 0.4) is 0 Å². The van der Waals surface area contributed by atoms with Gasteiger partial charge in [-0.2, -0.15) is 0 Å². The van der Waals surface area contributed by atoms with Crippen molar-refractivity contribution in [2.45, 2.75) is 32.1 Å². The van der Waals surface area contributed by atoms with Gasteiger partial charge >= 0.3 is 0 Å². The van der Waals surface area contributed by atoms with Crippen LogP contribution < -0.4 is 5.56 Å². The van der Waals surface area contributed by atoms with Crippen LogP contribution in [0, 0.1) is 0 Å². The second-order valence-corrected chi connectivity index (χ2v) is 7.20. The van der Waals surface area contributed by atoms with E-state index in [-0.39, 0.29) is 11.7 Å². The number of hydrogen-bond acceptors (Lipinski definition) is 6. The number of ether oxygens (including phenoxy) is 1. The van der Waals surface area contributed by atoms with E-state index in [9.17, 15) is 4.79 Å². The highest BCUT2D eigenvalue weighted by Crippen LogP contribution is 2.18. The predicted molar refractivity (Wildman–Crippen MR) is 97.6 cm³/mol. The minimum atomic E-state index is -0.0463. The van der Waals surface area contributed by atoms with Gasteiger partial charge in [-0.3, -0.25) is 14.7 Å². The number of pyridine rings is 1. The average molecular weight is 356 g/mol. The standard InChI is InChI=1S/C18H20N4O2S/c23-18-17-15(6-9-25-17)20-16(21-18)11-22-8-3-5-14(10-22)24-12-13-4-1-2-7-19-13/h1-2,4,6-7,9,14H,3,5,8,10-12H2,(H,20,21,23). The molecule has 3 aromatic rings. The first-order valence-electron chi connectivity index (χ1n) is 8.48. The van der Waals surface area contributed by atoms with Crippen LogP contribution in [-0.2, 0) is 17.9 Å². The summed E-state index contributed by atoms with van der Waals surface area (Å²) in [4.78, 5) is 26.2. The van der Waals surface area contributed by atoms with Crippen LogP contribution in [0.2, 0.25) is 0 Å². The Kier molecular flexibility index (Phi) is 4.87. The lowest BCUT2D eigenvalue weighted by Gasteiger charge is -2.32. The van der Waals surface area contributed by atoms with Gasteiger partial charge in [0.15, 0.2) is 0 Å². The quantitative estimate of drug-likeness (QED) is 0.761. The zero-order chi connectivity index (χ0) is 17.1. The van der Waals surface area contributed by atoms with E-state index in [2.05, 4.69) is 19.9 Å². The molecule has 1 aliphatic heterocycles. The third-order valence-corrected chi connectivity index (χ3v) is 5.30. The van der Waals surface area contributed by atoms with Gasteiger partial charge in [0.2, 0.25) is 0 Å². The summed E-state index contributed by atoms with van der Waals surface area (Å²) in [6.45, 7) is 3.02. The van der Waals surface area contributed by atoms with Crippen LogP contribution in [-0.4, -0.2) is 39.0 Å². The molecule has 130 valence electrons. The summed E-state index contributed by atoms with van der Waals surface area (Å²) in [6, 6.07) is 7.75. The van der Waals surface area contributed by atoms with Crippen LogP contribution in [0.5, 0.6) is 0 Å². The highest BCUT2D eigenvalue weighted by molar-refractivity contribution is 7.17. The maximum Gasteiger partial charge on any atom is 0.268 e. The molecule has 7 heteroatoms. The Balaban J connectivity index is 1.38. The molecule has 3 aromatic heterocycles. The molecule has 4 rings (SSSR count). The third kappa shape index (κ3) is 3.95. The van der Waals surface area contributed by atoms with E-state index < -0.39 is 0 Å². The van der Waals surface area contributed by atoms with Crippen molar-refractivity contribution in [1.29, 1.82) is 0 Å². The zero-order valence-corrected chi connectivity index (χ0v) is 14.7. The molecule has 6 nitrogen and oxygen atoms in total. The molecule has 1 N–H and O–H groups in total. The Morgan fingerprint density at radius 2 is 2.32 bits per heavy atom. The molecule has 25 heavy (non-hydrogen) atoms. The molecule has 0 spiro atoms. The van der Waals surface area contributed by atoms with Crippen molar-refractivity contribution in [3.8, 4) is 0 Å². The van der Waals surface area contributed by atoms with E-state index in [0.717, 1.165) is 43.0 Å². The number of nitrogens with zero attached hydrogens (tertiary/aromatic N) is 3. The van der Waals surface area contributed by atoms with Gasteiger partial charge in [0.25, 0.3) is 5.56 Å². The maximum atomic E-state index is 12.1. The van der Waals surface area contributed by atoms with Crippen molar-refractivity contribution in [1.82, 2.24) is 19.9 Å². The minimum absolute atomic E-state index is 0.0463. The summed E-state index contributed by atoms with van der Waals surface area (Å²) in [6.07, 6.45) is 4.11. The lowest BCUT2D eigenvalue weighted by atomic mass is 10.1. The summed E-state index contributed by atoms with van der Waals surface area (Å²) < 4.78 is 6.72. The Morgan fingerprint density at radius 1 is 1.36 bits per heavy atom. The number of hydrogen-bond donors (Lipinski definition) is 1. The number of likely N-dealkylation sites (tertiary alicyclic amines) is 1. The highest BCUT2D eigenvalue weighted by atomic mass is 32.1. The molecule has 4 heterocycles. The molecule has 0 amide bonds. The van der Waals surface area contributed by atoms with Crippen molar-refractivity contribution in [3.63, 3.8) is 0 Å². The molecule has 1 fully saturated rings. The van der Waals surface area contributed by atoms with E-state index in [0.29, 0.717) is 17.9 Å². The van der Waals surface area contributed by atoms with Crippen molar-refractivity contribution in [3.05, 3.63) is 57.7 Å². The van der Waals surface area contributed by atoms with Gasteiger partial charge in [-0.15, -0.1) is 11.3 Å². The molecule has 0 saturated carbocycles. The van der Waals surface area contributed by atoms with E-state index in [4.69, 9.17) is 4.74 Å². The molecular weight excluding hydrogens is 336 g/mol.